The average Bonchev–Trinajstić information content (AvgIpc) is 2.36. The van der Waals surface area contributed by atoms with Gasteiger partial charge in [-0.05, 0) is 18.9 Å². The lowest BCUT2D eigenvalue weighted by molar-refractivity contribution is -0.136. The molecule has 1 rings (SSSR count). The van der Waals surface area contributed by atoms with Crippen LogP contribution in [-0.4, -0.2) is 5.97 Å². The van der Waals surface area contributed by atoms with E-state index in [1.165, 1.54) is 0 Å². The highest BCUT2D eigenvalue weighted by Gasteiger charge is 2.07. The highest BCUT2D eigenvalue weighted by molar-refractivity contribution is 5.78. The molecule has 0 aliphatic heterocycles. The van der Waals surface area contributed by atoms with Gasteiger partial charge in [-0.15, -0.1) is 6.58 Å². The normalized spacial score (nSPS) is 11.0. The summed E-state index contributed by atoms with van der Waals surface area (Å²) in [4.78, 5) is 11.5. The Morgan fingerprint density at radius 2 is 2.06 bits per heavy atom. The fraction of sp³-hybridized carbons (Fsp3) is 0.267. The van der Waals surface area contributed by atoms with Crippen LogP contribution in [0.2, 0.25) is 0 Å². The summed E-state index contributed by atoms with van der Waals surface area (Å²) in [6.07, 6.45) is 5.57. The van der Waals surface area contributed by atoms with E-state index in [0.717, 1.165) is 12.0 Å². The Morgan fingerprint density at radius 3 is 2.65 bits per heavy atom. The maximum atomic E-state index is 11.5. The van der Waals surface area contributed by atoms with Crippen molar-refractivity contribution in [2.24, 2.45) is 0 Å². The summed E-state index contributed by atoms with van der Waals surface area (Å²) < 4.78 is 5.35. The molecule has 0 saturated heterocycles. The molecule has 1 aromatic carbocycles. The third-order valence-corrected chi connectivity index (χ3v) is 2.21. The molecule has 0 spiro atoms. The number of hydrogen-bond acceptors (Lipinski definition) is 2. The molecule has 0 unspecified atom stereocenters. The fourth-order valence-corrected chi connectivity index (χ4v) is 1.39. The van der Waals surface area contributed by atoms with E-state index in [1.807, 2.05) is 43.3 Å². The summed E-state index contributed by atoms with van der Waals surface area (Å²) in [6.45, 7) is 5.61. The Morgan fingerprint density at radius 1 is 1.35 bits per heavy atom. The number of carbonyl (C=O) groups excluding carboxylic acids is 1. The molecule has 2 heteroatoms. The molecule has 0 fully saturated rings. The topological polar surface area (TPSA) is 26.3 Å². The van der Waals surface area contributed by atoms with E-state index < -0.39 is 0 Å². The van der Waals surface area contributed by atoms with Crippen molar-refractivity contribution >= 4 is 11.7 Å². The predicted molar refractivity (Wildman–Crippen MR) is 70.2 cm³/mol. The average molecular weight is 230 g/mol. The minimum Gasteiger partial charge on any atom is -0.426 e. The van der Waals surface area contributed by atoms with E-state index in [-0.39, 0.29) is 5.97 Å². The van der Waals surface area contributed by atoms with Crippen molar-refractivity contribution in [2.75, 3.05) is 0 Å². The van der Waals surface area contributed by atoms with Crippen LogP contribution in [0.1, 0.15) is 31.7 Å². The largest absolute Gasteiger partial charge is 0.426 e. The Hall–Kier alpha value is -1.83. The number of carbonyl (C=O) groups is 1. The zero-order valence-electron chi connectivity index (χ0n) is 10.2. The van der Waals surface area contributed by atoms with Crippen LogP contribution in [0.3, 0.4) is 0 Å². The summed E-state index contributed by atoms with van der Waals surface area (Å²) >= 11 is 0. The second-order valence-electron chi connectivity index (χ2n) is 3.68. The van der Waals surface area contributed by atoms with Gasteiger partial charge in [-0.2, -0.15) is 0 Å². The number of benzene rings is 1. The van der Waals surface area contributed by atoms with Crippen LogP contribution in [0, 0.1) is 0 Å². The van der Waals surface area contributed by atoms with Gasteiger partial charge in [0.05, 0.1) is 0 Å². The van der Waals surface area contributed by atoms with Crippen molar-refractivity contribution in [1.82, 2.24) is 0 Å². The van der Waals surface area contributed by atoms with Crippen molar-refractivity contribution in [3.63, 3.8) is 0 Å². The summed E-state index contributed by atoms with van der Waals surface area (Å²) in [5.41, 5.74) is 0.916. The van der Waals surface area contributed by atoms with Crippen LogP contribution in [0.15, 0.2) is 49.1 Å². The summed E-state index contributed by atoms with van der Waals surface area (Å²) in [5, 5.41) is 0. The van der Waals surface area contributed by atoms with Crippen molar-refractivity contribution in [2.45, 2.75) is 26.2 Å². The molecule has 90 valence electrons. The lowest BCUT2D eigenvalue weighted by atomic mass is 10.1. The molecule has 1 aromatic rings. The van der Waals surface area contributed by atoms with Crippen LogP contribution in [-0.2, 0) is 9.53 Å². The van der Waals surface area contributed by atoms with Gasteiger partial charge in [-0.1, -0.05) is 43.3 Å². The van der Waals surface area contributed by atoms with Gasteiger partial charge in [0, 0.05) is 12.0 Å². The van der Waals surface area contributed by atoms with Gasteiger partial charge in [0.2, 0.25) is 0 Å². The molecule has 0 aliphatic rings. The maximum Gasteiger partial charge on any atom is 0.311 e. The molecule has 17 heavy (non-hydrogen) atoms. The lowest BCUT2D eigenvalue weighted by Gasteiger charge is -2.08. The predicted octanol–water partition coefficient (Wildman–Crippen LogP) is 3.95. The van der Waals surface area contributed by atoms with Crippen molar-refractivity contribution in [1.29, 1.82) is 0 Å². The maximum absolute atomic E-state index is 11.5. The van der Waals surface area contributed by atoms with Gasteiger partial charge >= 0.3 is 5.97 Å². The van der Waals surface area contributed by atoms with E-state index in [2.05, 4.69) is 6.58 Å². The Bertz CT molecular complexity index is 391. The molecule has 0 radical (unpaired) electrons. The van der Waals surface area contributed by atoms with Crippen LogP contribution >= 0.6 is 0 Å². The fourth-order valence-electron chi connectivity index (χ4n) is 1.39. The standard InChI is InChI=1S/C15H18O2/c1-3-5-12-14(17-15(16)9-4-2)13-10-7-6-8-11-13/h3,6-8,10-12H,1,4-5,9H2,2H3. The van der Waals surface area contributed by atoms with Crippen molar-refractivity contribution in [3.8, 4) is 0 Å². The molecule has 0 N–H and O–H groups in total. The number of hydrogen-bond donors (Lipinski definition) is 0. The van der Waals surface area contributed by atoms with Gasteiger partial charge in [0.1, 0.15) is 5.76 Å². The number of rotatable bonds is 6. The molecule has 0 atom stereocenters. The highest BCUT2D eigenvalue weighted by Crippen LogP contribution is 2.17. The van der Waals surface area contributed by atoms with Crippen LogP contribution in [0.5, 0.6) is 0 Å². The van der Waals surface area contributed by atoms with E-state index in [0.29, 0.717) is 18.6 Å². The van der Waals surface area contributed by atoms with Gasteiger partial charge in [-0.25, -0.2) is 0 Å². The number of allylic oxidation sites excluding steroid dienone is 2. The minimum absolute atomic E-state index is 0.188. The van der Waals surface area contributed by atoms with E-state index in [9.17, 15) is 4.79 Å². The van der Waals surface area contributed by atoms with Gasteiger partial charge in [-0.3, -0.25) is 4.79 Å². The summed E-state index contributed by atoms with van der Waals surface area (Å²) in [5.74, 6) is 0.426. The van der Waals surface area contributed by atoms with Crippen molar-refractivity contribution in [3.05, 3.63) is 54.6 Å². The van der Waals surface area contributed by atoms with Gasteiger partial charge in [0.25, 0.3) is 0 Å². The zero-order valence-corrected chi connectivity index (χ0v) is 10.2. The highest BCUT2D eigenvalue weighted by atomic mass is 16.5. The van der Waals surface area contributed by atoms with Gasteiger partial charge < -0.3 is 4.74 Å². The monoisotopic (exact) mass is 230 g/mol. The van der Waals surface area contributed by atoms with E-state index in [1.54, 1.807) is 6.08 Å². The third kappa shape index (κ3) is 4.68. The number of ether oxygens (including phenoxy) is 1. The molecular weight excluding hydrogens is 212 g/mol. The first kappa shape index (κ1) is 13.2. The first-order valence-corrected chi connectivity index (χ1v) is 5.85. The Balaban J connectivity index is 2.82. The zero-order chi connectivity index (χ0) is 12.5. The first-order chi connectivity index (χ1) is 8.27. The summed E-state index contributed by atoms with van der Waals surface area (Å²) in [6, 6.07) is 9.63. The van der Waals surface area contributed by atoms with Crippen LogP contribution < -0.4 is 0 Å². The van der Waals surface area contributed by atoms with Gasteiger partial charge in [0.15, 0.2) is 0 Å². The number of esters is 1. The molecule has 0 bridgehead atoms. The quantitative estimate of drug-likeness (QED) is 0.420. The van der Waals surface area contributed by atoms with E-state index >= 15 is 0 Å². The molecule has 0 saturated carbocycles. The molecule has 0 aromatic heterocycles. The summed E-state index contributed by atoms with van der Waals surface area (Å²) in [7, 11) is 0. The molecular formula is C15H18O2. The third-order valence-electron chi connectivity index (χ3n) is 2.21. The molecule has 2 nitrogen and oxygen atoms in total. The smallest absolute Gasteiger partial charge is 0.311 e. The Labute approximate surface area is 103 Å². The van der Waals surface area contributed by atoms with Crippen molar-refractivity contribution < 1.29 is 9.53 Å². The van der Waals surface area contributed by atoms with Crippen LogP contribution in [0.4, 0.5) is 0 Å². The lowest BCUT2D eigenvalue weighted by Crippen LogP contribution is -2.03. The van der Waals surface area contributed by atoms with E-state index in [4.69, 9.17) is 4.74 Å². The first-order valence-electron chi connectivity index (χ1n) is 5.85. The molecule has 0 aliphatic carbocycles. The Kier molecular flexibility index (Phi) is 5.80. The van der Waals surface area contributed by atoms with Crippen LogP contribution in [0.25, 0.3) is 5.76 Å². The second kappa shape index (κ2) is 7.44. The second-order valence-corrected chi connectivity index (χ2v) is 3.68. The SMILES string of the molecule is C=CCC=C(OC(=O)CCC)c1ccccc1. The molecule has 0 amide bonds. The minimum atomic E-state index is -0.188. The molecule has 0 heterocycles.